The lowest BCUT2D eigenvalue weighted by Gasteiger charge is -2.37. The van der Waals surface area contributed by atoms with E-state index in [-0.39, 0.29) is 5.82 Å². The fraction of sp³-hybridized carbons (Fsp3) is 0.667. The van der Waals surface area contributed by atoms with Crippen LogP contribution in [0.3, 0.4) is 0 Å². The SMILES string of the molecule is Fc1cccc2c1CN(C1CCC3(CCOCC3)C1)CC2. The van der Waals surface area contributed by atoms with Crippen molar-refractivity contribution in [3.8, 4) is 0 Å². The van der Waals surface area contributed by atoms with Gasteiger partial charge in [0.05, 0.1) is 0 Å². The van der Waals surface area contributed by atoms with E-state index in [1.54, 1.807) is 6.07 Å². The highest BCUT2D eigenvalue weighted by molar-refractivity contribution is 5.30. The molecular weight excluding hydrogens is 265 g/mol. The van der Waals surface area contributed by atoms with Crippen molar-refractivity contribution in [1.29, 1.82) is 0 Å². The highest BCUT2D eigenvalue weighted by atomic mass is 19.1. The summed E-state index contributed by atoms with van der Waals surface area (Å²) in [4.78, 5) is 2.54. The van der Waals surface area contributed by atoms with E-state index in [2.05, 4.69) is 11.0 Å². The maximum absolute atomic E-state index is 14.0. The first kappa shape index (κ1) is 13.7. The van der Waals surface area contributed by atoms with Crippen molar-refractivity contribution in [2.24, 2.45) is 5.41 Å². The van der Waals surface area contributed by atoms with Gasteiger partial charge in [0.25, 0.3) is 0 Å². The van der Waals surface area contributed by atoms with E-state index in [0.29, 0.717) is 11.5 Å². The number of hydrogen-bond donors (Lipinski definition) is 0. The molecule has 1 saturated heterocycles. The largest absolute Gasteiger partial charge is 0.381 e. The summed E-state index contributed by atoms with van der Waals surface area (Å²) in [5.41, 5.74) is 2.68. The van der Waals surface area contributed by atoms with Gasteiger partial charge in [0.2, 0.25) is 0 Å². The van der Waals surface area contributed by atoms with Gasteiger partial charge in [0.15, 0.2) is 0 Å². The second-order valence-corrected chi connectivity index (χ2v) is 7.11. The molecule has 1 saturated carbocycles. The minimum Gasteiger partial charge on any atom is -0.381 e. The third-order valence-electron chi connectivity index (χ3n) is 5.99. The third kappa shape index (κ3) is 2.51. The van der Waals surface area contributed by atoms with E-state index >= 15 is 0 Å². The summed E-state index contributed by atoms with van der Waals surface area (Å²) in [6, 6.07) is 6.19. The quantitative estimate of drug-likeness (QED) is 0.784. The molecule has 2 heterocycles. The molecule has 3 heteroatoms. The molecule has 0 bridgehead atoms. The second kappa shape index (κ2) is 5.36. The Morgan fingerprint density at radius 3 is 2.90 bits per heavy atom. The molecule has 0 amide bonds. The van der Waals surface area contributed by atoms with Crippen molar-refractivity contribution in [2.75, 3.05) is 19.8 Å². The molecule has 1 aliphatic carbocycles. The number of hydrogen-bond acceptors (Lipinski definition) is 2. The third-order valence-corrected chi connectivity index (χ3v) is 5.99. The fourth-order valence-electron chi connectivity index (χ4n) is 4.62. The molecule has 0 aromatic heterocycles. The fourth-order valence-corrected chi connectivity index (χ4v) is 4.62. The van der Waals surface area contributed by atoms with Crippen LogP contribution in [0.1, 0.15) is 43.2 Å². The lowest BCUT2D eigenvalue weighted by atomic mass is 9.78. The lowest BCUT2D eigenvalue weighted by Crippen LogP contribution is -2.39. The Morgan fingerprint density at radius 1 is 1.19 bits per heavy atom. The van der Waals surface area contributed by atoms with E-state index in [9.17, 15) is 4.39 Å². The highest BCUT2D eigenvalue weighted by Crippen LogP contribution is 2.47. The molecule has 114 valence electrons. The molecule has 2 nitrogen and oxygen atoms in total. The van der Waals surface area contributed by atoms with Gasteiger partial charge in [-0.15, -0.1) is 0 Å². The number of ether oxygens (including phenoxy) is 1. The van der Waals surface area contributed by atoms with Gasteiger partial charge in [-0.25, -0.2) is 4.39 Å². The molecule has 1 atom stereocenters. The van der Waals surface area contributed by atoms with Gasteiger partial charge in [0, 0.05) is 37.9 Å². The molecule has 0 N–H and O–H groups in total. The molecule has 1 spiro atoms. The highest BCUT2D eigenvalue weighted by Gasteiger charge is 2.42. The monoisotopic (exact) mass is 289 g/mol. The summed E-state index contributed by atoms with van der Waals surface area (Å²) in [7, 11) is 0. The van der Waals surface area contributed by atoms with Crippen LogP contribution in [-0.4, -0.2) is 30.7 Å². The minimum atomic E-state index is -0.0176. The predicted molar refractivity (Wildman–Crippen MR) is 80.6 cm³/mol. The predicted octanol–water partition coefficient (Wildman–Crippen LogP) is 3.53. The Labute approximate surface area is 126 Å². The van der Waals surface area contributed by atoms with Crippen molar-refractivity contribution in [3.63, 3.8) is 0 Å². The maximum Gasteiger partial charge on any atom is 0.127 e. The Bertz CT molecular complexity index is 524. The Hall–Kier alpha value is -0.930. The van der Waals surface area contributed by atoms with Crippen molar-refractivity contribution < 1.29 is 9.13 Å². The molecule has 4 rings (SSSR count). The first-order valence-corrected chi connectivity index (χ1v) is 8.34. The summed E-state index contributed by atoms with van der Waals surface area (Å²) < 4.78 is 19.6. The van der Waals surface area contributed by atoms with E-state index in [1.807, 2.05) is 6.07 Å². The Kier molecular flexibility index (Phi) is 3.50. The van der Waals surface area contributed by atoms with Gasteiger partial charge in [-0.3, -0.25) is 4.90 Å². The number of benzene rings is 1. The van der Waals surface area contributed by atoms with Gasteiger partial charge >= 0.3 is 0 Å². The van der Waals surface area contributed by atoms with Gasteiger partial charge in [-0.05, 0) is 55.6 Å². The normalized spacial score (nSPS) is 28.7. The van der Waals surface area contributed by atoms with Gasteiger partial charge < -0.3 is 4.74 Å². The van der Waals surface area contributed by atoms with Crippen LogP contribution < -0.4 is 0 Å². The average molecular weight is 289 g/mol. The summed E-state index contributed by atoms with van der Waals surface area (Å²) in [5, 5.41) is 0. The Balaban J connectivity index is 1.48. The van der Waals surface area contributed by atoms with Crippen molar-refractivity contribution in [1.82, 2.24) is 4.90 Å². The topological polar surface area (TPSA) is 12.5 Å². The van der Waals surface area contributed by atoms with Gasteiger partial charge in [0.1, 0.15) is 5.82 Å². The molecule has 1 aromatic carbocycles. The summed E-state index contributed by atoms with van der Waals surface area (Å²) >= 11 is 0. The number of fused-ring (bicyclic) bond motifs is 1. The summed E-state index contributed by atoms with van der Waals surface area (Å²) in [5.74, 6) is -0.0176. The van der Waals surface area contributed by atoms with Crippen LogP contribution in [0.5, 0.6) is 0 Å². The van der Waals surface area contributed by atoms with Crippen LogP contribution in [0.2, 0.25) is 0 Å². The first-order chi connectivity index (χ1) is 10.3. The smallest absolute Gasteiger partial charge is 0.127 e. The van der Waals surface area contributed by atoms with Crippen LogP contribution in [-0.2, 0) is 17.7 Å². The number of halogens is 1. The zero-order valence-electron chi connectivity index (χ0n) is 12.6. The number of rotatable bonds is 1. The minimum absolute atomic E-state index is 0.0176. The maximum atomic E-state index is 14.0. The summed E-state index contributed by atoms with van der Waals surface area (Å²) in [6.45, 7) is 3.77. The van der Waals surface area contributed by atoms with Crippen LogP contribution in [0.15, 0.2) is 18.2 Å². The van der Waals surface area contributed by atoms with E-state index < -0.39 is 0 Å². The zero-order chi connectivity index (χ0) is 14.3. The average Bonchev–Trinajstić information content (AvgIpc) is 2.92. The van der Waals surface area contributed by atoms with Crippen LogP contribution in [0.4, 0.5) is 4.39 Å². The molecule has 0 radical (unpaired) electrons. The van der Waals surface area contributed by atoms with Gasteiger partial charge in [-0.2, -0.15) is 0 Å². The molecule has 1 aromatic rings. The number of nitrogens with zero attached hydrogens (tertiary/aromatic N) is 1. The first-order valence-electron chi connectivity index (χ1n) is 8.34. The molecule has 21 heavy (non-hydrogen) atoms. The van der Waals surface area contributed by atoms with Crippen molar-refractivity contribution in [3.05, 3.63) is 35.1 Å². The molecule has 2 fully saturated rings. The van der Waals surface area contributed by atoms with Crippen LogP contribution in [0, 0.1) is 11.2 Å². The molecular formula is C18H24FNO. The molecule has 3 aliphatic rings. The Morgan fingerprint density at radius 2 is 2.05 bits per heavy atom. The summed E-state index contributed by atoms with van der Waals surface area (Å²) in [6.07, 6.45) is 7.36. The van der Waals surface area contributed by atoms with Crippen LogP contribution >= 0.6 is 0 Å². The second-order valence-electron chi connectivity index (χ2n) is 7.11. The van der Waals surface area contributed by atoms with Crippen molar-refractivity contribution in [2.45, 2.75) is 51.1 Å². The van der Waals surface area contributed by atoms with Crippen molar-refractivity contribution >= 4 is 0 Å². The van der Waals surface area contributed by atoms with Gasteiger partial charge in [-0.1, -0.05) is 12.1 Å². The van der Waals surface area contributed by atoms with E-state index in [4.69, 9.17) is 4.74 Å². The zero-order valence-corrected chi connectivity index (χ0v) is 12.6. The molecule has 1 unspecified atom stereocenters. The lowest BCUT2D eigenvalue weighted by molar-refractivity contribution is 0.0133. The molecule has 2 aliphatic heterocycles. The van der Waals surface area contributed by atoms with Crippen LogP contribution in [0.25, 0.3) is 0 Å². The van der Waals surface area contributed by atoms with E-state index in [1.165, 1.54) is 37.7 Å². The van der Waals surface area contributed by atoms with E-state index in [0.717, 1.165) is 38.3 Å². The standard InChI is InChI=1S/C18H24FNO/c19-17-3-1-2-14-5-9-20(13-16(14)17)15-4-6-18(12-15)7-10-21-11-8-18/h1-3,15H,4-13H2.